The van der Waals surface area contributed by atoms with E-state index in [-0.39, 0.29) is 18.5 Å². The van der Waals surface area contributed by atoms with Gasteiger partial charge in [0.15, 0.2) is 0 Å². The van der Waals surface area contributed by atoms with Crippen LogP contribution in [0.5, 0.6) is 0 Å². The molecule has 0 spiro atoms. The first kappa shape index (κ1) is 17.9. The van der Waals surface area contributed by atoms with E-state index in [0.29, 0.717) is 25.3 Å². The monoisotopic (exact) mass is 357 g/mol. The number of nitrogens with one attached hydrogen (secondary N) is 2. The third kappa shape index (κ3) is 5.06. The lowest BCUT2D eigenvalue weighted by Crippen LogP contribution is -2.46. The van der Waals surface area contributed by atoms with Gasteiger partial charge in [0.05, 0.1) is 6.10 Å². The highest BCUT2D eigenvalue weighted by molar-refractivity contribution is 5.90. The molecule has 1 saturated heterocycles. The van der Waals surface area contributed by atoms with Crippen LogP contribution in [0.2, 0.25) is 0 Å². The standard InChI is InChI=1S/C18H23N5O3/c24-16-6-2-8-22(12-16)18(26)19-11-14-4-1-5-15(10-14)21-17(25)13-23-9-3-7-20-23/h1,3-5,7,9-10,16,24H,2,6,8,11-13H2,(H,19,26)(H,21,25). The molecule has 1 unspecified atom stereocenters. The second-order valence-corrected chi connectivity index (χ2v) is 6.35. The summed E-state index contributed by atoms with van der Waals surface area (Å²) in [4.78, 5) is 25.8. The molecule has 0 radical (unpaired) electrons. The summed E-state index contributed by atoms with van der Waals surface area (Å²) in [5.74, 6) is -0.169. The van der Waals surface area contributed by atoms with Gasteiger partial charge in [-0.05, 0) is 36.6 Å². The molecule has 1 fully saturated rings. The number of aliphatic hydroxyl groups is 1. The molecule has 0 bridgehead atoms. The van der Waals surface area contributed by atoms with E-state index in [0.717, 1.165) is 18.4 Å². The SMILES string of the molecule is O=C(Cn1cccn1)Nc1cccc(CNC(=O)N2CCCC(O)C2)c1. The van der Waals surface area contributed by atoms with Gasteiger partial charge in [-0.25, -0.2) is 4.79 Å². The van der Waals surface area contributed by atoms with Crippen LogP contribution in [0.4, 0.5) is 10.5 Å². The van der Waals surface area contributed by atoms with Crippen LogP contribution in [0.25, 0.3) is 0 Å². The van der Waals surface area contributed by atoms with Crippen molar-refractivity contribution < 1.29 is 14.7 Å². The zero-order chi connectivity index (χ0) is 18.4. The molecule has 1 aliphatic rings. The van der Waals surface area contributed by atoms with Crippen molar-refractivity contribution in [2.45, 2.75) is 32.0 Å². The highest BCUT2D eigenvalue weighted by atomic mass is 16.3. The van der Waals surface area contributed by atoms with Gasteiger partial charge in [0.25, 0.3) is 0 Å². The number of hydrogen-bond acceptors (Lipinski definition) is 4. The van der Waals surface area contributed by atoms with Gasteiger partial charge in [-0.15, -0.1) is 0 Å². The molecule has 138 valence electrons. The van der Waals surface area contributed by atoms with Crippen molar-refractivity contribution in [3.05, 3.63) is 48.3 Å². The summed E-state index contributed by atoms with van der Waals surface area (Å²) >= 11 is 0. The molecular weight excluding hydrogens is 334 g/mol. The van der Waals surface area contributed by atoms with Gasteiger partial charge < -0.3 is 20.6 Å². The average molecular weight is 357 g/mol. The lowest BCUT2D eigenvalue weighted by Gasteiger charge is -2.30. The van der Waals surface area contributed by atoms with Crippen LogP contribution in [0.15, 0.2) is 42.7 Å². The summed E-state index contributed by atoms with van der Waals surface area (Å²) in [5, 5.41) is 19.3. The van der Waals surface area contributed by atoms with E-state index < -0.39 is 6.10 Å². The minimum absolute atomic E-state index is 0.144. The van der Waals surface area contributed by atoms with Crippen LogP contribution >= 0.6 is 0 Å². The summed E-state index contributed by atoms with van der Waals surface area (Å²) in [6.07, 6.45) is 4.46. The topological polar surface area (TPSA) is 99.5 Å². The first-order valence-electron chi connectivity index (χ1n) is 8.67. The van der Waals surface area contributed by atoms with Crippen molar-refractivity contribution >= 4 is 17.6 Å². The van der Waals surface area contributed by atoms with Gasteiger partial charge in [0.2, 0.25) is 5.91 Å². The Morgan fingerprint density at radius 1 is 1.31 bits per heavy atom. The van der Waals surface area contributed by atoms with E-state index in [1.54, 1.807) is 34.1 Å². The number of nitrogens with zero attached hydrogens (tertiary/aromatic N) is 3. The van der Waals surface area contributed by atoms with E-state index >= 15 is 0 Å². The fourth-order valence-corrected chi connectivity index (χ4v) is 2.93. The van der Waals surface area contributed by atoms with E-state index in [1.807, 2.05) is 18.2 Å². The lowest BCUT2D eigenvalue weighted by atomic mass is 10.1. The van der Waals surface area contributed by atoms with Gasteiger partial charge in [-0.1, -0.05) is 12.1 Å². The van der Waals surface area contributed by atoms with Crippen LogP contribution in [0, 0.1) is 0 Å². The number of likely N-dealkylation sites (tertiary alicyclic amines) is 1. The average Bonchev–Trinajstić information content (AvgIpc) is 3.13. The molecule has 1 aliphatic heterocycles. The van der Waals surface area contributed by atoms with Crippen molar-refractivity contribution in [3.63, 3.8) is 0 Å². The highest BCUT2D eigenvalue weighted by Crippen LogP contribution is 2.12. The second-order valence-electron chi connectivity index (χ2n) is 6.35. The summed E-state index contributed by atoms with van der Waals surface area (Å²) in [5.41, 5.74) is 1.55. The number of carbonyl (C=O) groups is 2. The smallest absolute Gasteiger partial charge is 0.317 e. The number of anilines is 1. The van der Waals surface area contributed by atoms with Crippen molar-refractivity contribution in [3.8, 4) is 0 Å². The van der Waals surface area contributed by atoms with Crippen LogP contribution in [0.3, 0.4) is 0 Å². The predicted molar refractivity (Wildman–Crippen MR) is 96.3 cm³/mol. The fraction of sp³-hybridized carbons (Fsp3) is 0.389. The molecule has 3 amide bonds. The Bertz CT molecular complexity index is 747. The number of piperidine rings is 1. The first-order valence-corrected chi connectivity index (χ1v) is 8.67. The summed E-state index contributed by atoms with van der Waals surface area (Å²) in [6, 6.07) is 8.92. The van der Waals surface area contributed by atoms with Gasteiger partial charge in [-0.2, -0.15) is 5.10 Å². The van der Waals surface area contributed by atoms with Gasteiger partial charge in [-0.3, -0.25) is 9.48 Å². The second kappa shape index (κ2) is 8.48. The third-order valence-electron chi connectivity index (χ3n) is 4.20. The Morgan fingerprint density at radius 3 is 2.96 bits per heavy atom. The van der Waals surface area contributed by atoms with Crippen molar-refractivity contribution in [1.82, 2.24) is 20.0 Å². The summed E-state index contributed by atoms with van der Waals surface area (Å²) < 4.78 is 1.55. The lowest BCUT2D eigenvalue weighted by molar-refractivity contribution is -0.116. The number of β-amino-alcohol motifs (C(OH)–C–C–N with tert-alkyl or cyclic N) is 1. The molecule has 0 aliphatic carbocycles. The van der Waals surface area contributed by atoms with Gasteiger partial charge in [0.1, 0.15) is 6.54 Å². The molecule has 3 N–H and O–H groups in total. The van der Waals surface area contributed by atoms with Crippen molar-refractivity contribution in [2.24, 2.45) is 0 Å². The Kier molecular flexibility index (Phi) is 5.85. The number of hydrogen-bond donors (Lipinski definition) is 3. The van der Waals surface area contributed by atoms with E-state index in [1.165, 1.54) is 0 Å². The summed E-state index contributed by atoms with van der Waals surface area (Å²) in [7, 11) is 0. The zero-order valence-electron chi connectivity index (χ0n) is 14.5. The van der Waals surface area contributed by atoms with Crippen molar-refractivity contribution in [2.75, 3.05) is 18.4 Å². The molecule has 8 nitrogen and oxygen atoms in total. The Hall–Kier alpha value is -2.87. The largest absolute Gasteiger partial charge is 0.391 e. The number of aromatic nitrogens is 2. The Balaban J connectivity index is 1.50. The maximum Gasteiger partial charge on any atom is 0.317 e. The van der Waals surface area contributed by atoms with Crippen LogP contribution < -0.4 is 10.6 Å². The number of urea groups is 1. The summed E-state index contributed by atoms with van der Waals surface area (Å²) in [6.45, 7) is 1.53. The number of benzene rings is 1. The third-order valence-corrected chi connectivity index (χ3v) is 4.20. The van der Waals surface area contributed by atoms with Gasteiger partial charge in [0, 0.05) is 37.7 Å². The molecule has 1 aromatic heterocycles. The molecule has 0 saturated carbocycles. The number of aliphatic hydroxyl groups excluding tert-OH is 1. The molecule has 2 aromatic rings. The molecule has 3 rings (SSSR count). The number of amides is 3. The maximum absolute atomic E-state index is 12.2. The normalized spacial score (nSPS) is 17.0. The molecule has 26 heavy (non-hydrogen) atoms. The highest BCUT2D eigenvalue weighted by Gasteiger charge is 2.21. The van der Waals surface area contributed by atoms with Crippen LogP contribution in [-0.2, 0) is 17.9 Å². The fourth-order valence-electron chi connectivity index (χ4n) is 2.93. The Morgan fingerprint density at radius 2 is 2.19 bits per heavy atom. The van der Waals surface area contributed by atoms with E-state index in [9.17, 15) is 14.7 Å². The number of rotatable bonds is 5. The quantitative estimate of drug-likeness (QED) is 0.748. The van der Waals surface area contributed by atoms with E-state index in [2.05, 4.69) is 15.7 Å². The molecule has 1 atom stereocenters. The van der Waals surface area contributed by atoms with Crippen LogP contribution in [0.1, 0.15) is 18.4 Å². The zero-order valence-corrected chi connectivity index (χ0v) is 14.5. The molecule has 2 heterocycles. The van der Waals surface area contributed by atoms with E-state index in [4.69, 9.17) is 0 Å². The first-order chi connectivity index (χ1) is 12.6. The number of carbonyl (C=O) groups excluding carboxylic acids is 2. The predicted octanol–water partition coefficient (Wildman–Crippen LogP) is 1.19. The Labute approximate surface area is 151 Å². The molecule has 1 aromatic carbocycles. The molecule has 8 heteroatoms. The molecular formula is C18H23N5O3. The minimum atomic E-state index is -0.442. The maximum atomic E-state index is 12.2. The van der Waals surface area contributed by atoms with Crippen molar-refractivity contribution in [1.29, 1.82) is 0 Å². The van der Waals surface area contributed by atoms with Crippen LogP contribution in [-0.4, -0.2) is 50.9 Å². The van der Waals surface area contributed by atoms with Gasteiger partial charge >= 0.3 is 6.03 Å². The minimum Gasteiger partial charge on any atom is -0.391 e.